The maximum Gasteiger partial charge on any atom is 0.481 e. The van der Waals surface area contributed by atoms with Gasteiger partial charge in [0.05, 0.1) is 19.5 Å². The van der Waals surface area contributed by atoms with Crippen LogP contribution in [0.4, 0.5) is 5.82 Å². The van der Waals surface area contributed by atoms with E-state index in [1.165, 1.54) is 10.9 Å². The van der Waals surface area contributed by atoms with Crippen molar-refractivity contribution in [3.8, 4) is 0 Å². The highest BCUT2D eigenvalue weighted by molar-refractivity contribution is 8.08. The molecule has 0 spiro atoms. The zero-order valence-electron chi connectivity index (χ0n) is 19.0. The first kappa shape index (κ1) is 29.7. The van der Waals surface area contributed by atoms with Gasteiger partial charge in [0.15, 0.2) is 24.0 Å². The molecule has 4 rings (SSSR count). The van der Waals surface area contributed by atoms with Crippen molar-refractivity contribution < 1.29 is 67.8 Å². The van der Waals surface area contributed by atoms with E-state index < -0.39 is 83.0 Å². The van der Waals surface area contributed by atoms with E-state index in [2.05, 4.69) is 23.8 Å². The number of nitrogens with zero attached hydrogens (tertiary/aromatic N) is 4. The van der Waals surface area contributed by atoms with Crippen LogP contribution in [0.3, 0.4) is 0 Å². The van der Waals surface area contributed by atoms with E-state index in [4.69, 9.17) is 31.5 Å². The Morgan fingerprint density at radius 3 is 2.37 bits per heavy atom. The molecule has 0 saturated carbocycles. The summed E-state index contributed by atoms with van der Waals surface area (Å²) in [6.07, 6.45) is -12.5. The molecule has 0 radical (unpaired) electrons. The Kier molecular flexibility index (Phi) is 8.83. The smallest absolute Gasteiger partial charge is 0.394 e. The number of aromatic nitrogens is 4. The average molecular weight is 605 g/mol. The van der Waals surface area contributed by atoms with Gasteiger partial charge in [-0.2, -0.15) is 0 Å². The fourth-order valence-electron chi connectivity index (χ4n) is 3.78. The molecule has 214 valence electrons. The van der Waals surface area contributed by atoms with Crippen molar-refractivity contribution in [1.82, 2.24) is 19.5 Å². The number of aliphatic hydroxyl groups excluding tert-OH is 6. The summed E-state index contributed by atoms with van der Waals surface area (Å²) in [6.45, 7) is -6.18. The Hall–Kier alpha value is -1.29. The van der Waals surface area contributed by atoms with Gasteiger partial charge in [0.1, 0.15) is 54.6 Å². The van der Waals surface area contributed by atoms with Crippen molar-refractivity contribution in [2.45, 2.75) is 55.2 Å². The molecule has 0 bridgehead atoms. The van der Waals surface area contributed by atoms with E-state index in [9.17, 15) is 45.0 Å². The molecule has 22 heteroatoms. The van der Waals surface area contributed by atoms with Gasteiger partial charge < -0.3 is 60.2 Å². The Balaban J connectivity index is 1.38. The second kappa shape index (κ2) is 11.3. The number of hydrogen-bond donors (Lipinski definition) is 9. The number of nitrogens with two attached hydrogens (primary N) is 1. The first-order valence-electron chi connectivity index (χ1n) is 10.7. The molecular formula is C16H25N5O14P2S. The van der Waals surface area contributed by atoms with Crippen LogP contribution in [0.25, 0.3) is 11.2 Å². The van der Waals surface area contributed by atoms with Gasteiger partial charge in [-0.1, -0.05) is 0 Å². The molecule has 0 amide bonds. The van der Waals surface area contributed by atoms with Crippen molar-refractivity contribution in [1.29, 1.82) is 0 Å². The number of anilines is 1. The second-order valence-corrected chi connectivity index (χ2v) is 12.6. The zero-order chi connectivity index (χ0) is 28.0. The first-order chi connectivity index (χ1) is 17.7. The molecule has 5 unspecified atom stereocenters. The van der Waals surface area contributed by atoms with Crippen LogP contribution in [-0.4, -0.2) is 122 Å². The van der Waals surface area contributed by atoms with Crippen LogP contribution in [0.5, 0.6) is 0 Å². The highest BCUT2D eigenvalue weighted by atomic mass is 32.5. The predicted molar refractivity (Wildman–Crippen MR) is 124 cm³/mol. The summed E-state index contributed by atoms with van der Waals surface area (Å²) in [7, 11) is -5.36. The van der Waals surface area contributed by atoms with Crippen LogP contribution in [0.1, 0.15) is 6.23 Å². The number of fused-ring (bicyclic) bond motifs is 1. The molecule has 10 N–H and O–H groups in total. The maximum absolute atomic E-state index is 12.4. The molecular weight excluding hydrogens is 580 g/mol. The predicted octanol–water partition coefficient (Wildman–Crippen LogP) is -3.81. The minimum Gasteiger partial charge on any atom is -0.394 e. The largest absolute Gasteiger partial charge is 0.481 e. The number of hydrogen-bond acceptors (Lipinski definition) is 17. The molecule has 2 aromatic heterocycles. The number of rotatable bonds is 9. The number of ether oxygens (including phenoxy) is 2. The molecule has 4 heterocycles. The van der Waals surface area contributed by atoms with Crippen LogP contribution in [0.2, 0.25) is 0 Å². The summed E-state index contributed by atoms with van der Waals surface area (Å²) >= 11 is 4.70. The number of phosphoric ester groups is 1. The summed E-state index contributed by atoms with van der Waals surface area (Å²) < 4.78 is 38.3. The third-order valence-electron chi connectivity index (χ3n) is 5.69. The highest BCUT2D eigenvalue weighted by Gasteiger charge is 2.49. The number of phosphoric acid groups is 1. The van der Waals surface area contributed by atoms with Gasteiger partial charge in [-0.15, -0.1) is 0 Å². The van der Waals surface area contributed by atoms with E-state index in [-0.39, 0.29) is 17.0 Å². The summed E-state index contributed by atoms with van der Waals surface area (Å²) in [4.78, 5) is 32.1. The van der Waals surface area contributed by atoms with E-state index in [0.29, 0.717) is 0 Å². The van der Waals surface area contributed by atoms with E-state index in [0.717, 1.165) is 6.33 Å². The molecule has 2 aliphatic heterocycles. The lowest BCUT2D eigenvalue weighted by atomic mass is 10.00. The molecule has 19 nitrogen and oxygen atoms in total. The minimum atomic E-state index is -5.36. The van der Waals surface area contributed by atoms with Gasteiger partial charge in [-0.05, 0) is 11.8 Å². The normalized spacial score (nSPS) is 37.2. The SMILES string of the molecule is Nc1ncnc2c1ncn2[C@@H]1O[C@H](COP(O)(=S)OP(=O)(O)O[C@@H]2OC(CO)[C@@H](O)[C@H](O)C2O)[C@H](O)C1O. The van der Waals surface area contributed by atoms with Crippen LogP contribution < -0.4 is 5.73 Å². The second-order valence-electron chi connectivity index (χ2n) is 8.25. The number of aliphatic hydroxyl groups is 6. The van der Waals surface area contributed by atoms with E-state index in [1.807, 2.05) is 0 Å². The monoisotopic (exact) mass is 605 g/mol. The lowest BCUT2D eigenvalue weighted by Gasteiger charge is -2.39. The summed E-state index contributed by atoms with van der Waals surface area (Å²) in [5.41, 5.74) is 6.15. The Morgan fingerprint density at radius 2 is 1.68 bits per heavy atom. The van der Waals surface area contributed by atoms with Gasteiger partial charge in [-0.3, -0.25) is 9.09 Å². The molecule has 2 aromatic rings. The van der Waals surface area contributed by atoms with Crippen LogP contribution in [0.15, 0.2) is 12.7 Å². The fourth-order valence-corrected chi connectivity index (χ4v) is 6.88. The van der Waals surface area contributed by atoms with Crippen molar-refractivity contribution in [2.75, 3.05) is 18.9 Å². The van der Waals surface area contributed by atoms with Gasteiger partial charge in [0.25, 0.3) is 0 Å². The Morgan fingerprint density at radius 1 is 1.00 bits per heavy atom. The minimum absolute atomic E-state index is 0.0687. The van der Waals surface area contributed by atoms with Crippen molar-refractivity contribution in [3.05, 3.63) is 12.7 Å². The topological polar surface area (TPSA) is 295 Å². The first-order valence-corrected chi connectivity index (χ1v) is 14.8. The zero-order valence-corrected chi connectivity index (χ0v) is 21.6. The Bertz CT molecular complexity index is 1240. The van der Waals surface area contributed by atoms with E-state index >= 15 is 0 Å². The Labute approximate surface area is 217 Å². The summed E-state index contributed by atoms with van der Waals surface area (Å²) in [5.74, 6) is 0.0687. The molecule has 0 aromatic carbocycles. The summed E-state index contributed by atoms with van der Waals surface area (Å²) in [5, 5.41) is 59.5. The molecule has 2 fully saturated rings. The summed E-state index contributed by atoms with van der Waals surface area (Å²) in [6, 6.07) is 0. The van der Waals surface area contributed by atoms with Gasteiger partial charge in [-0.25, -0.2) is 23.8 Å². The van der Waals surface area contributed by atoms with Crippen molar-refractivity contribution in [2.24, 2.45) is 0 Å². The molecule has 0 aliphatic carbocycles. The van der Waals surface area contributed by atoms with Gasteiger partial charge >= 0.3 is 14.5 Å². The third kappa shape index (κ3) is 6.06. The maximum atomic E-state index is 12.4. The van der Waals surface area contributed by atoms with E-state index in [1.54, 1.807) is 0 Å². The molecule has 2 saturated heterocycles. The lowest BCUT2D eigenvalue weighted by Crippen LogP contribution is -2.58. The molecule has 2 aliphatic rings. The quantitative estimate of drug-likeness (QED) is 0.124. The van der Waals surface area contributed by atoms with Crippen LogP contribution in [0, 0.1) is 0 Å². The highest BCUT2D eigenvalue weighted by Crippen LogP contribution is 2.61. The van der Waals surface area contributed by atoms with Crippen molar-refractivity contribution in [3.63, 3.8) is 0 Å². The molecule has 38 heavy (non-hydrogen) atoms. The van der Waals surface area contributed by atoms with Crippen molar-refractivity contribution >= 4 is 43.3 Å². The average Bonchev–Trinajstić information content (AvgIpc) is 3.39. The van der Waals surface area contributed by atoms with Gasteiger partial charge in [0, 0.05) is 0 Å². The lowest BCUT2D eigenvalue weighted by molar-refractivity contribution is -0.280. The van der Waals surface area contributed by atoms with Gasteiger partial charge in [0.2, 0.25) is 0 Å². The standard InChI is InChI=1S/C16H25N5O14P2S/c17-13-7-14(19-3-18-13)21(4-20-7)15-11(26)9(24)6(32-15)2-31-37(30,38)35-36(28,29)34-16-12(27)10(25)8(23)5(1-22)33-16/h3-6,8-12,15-16,22-27H,1-2H2,(H,28,29)(H,30,38)(H2,17,18,19)/t5?,6-,8-,9+,10+,11?,12?,15-,16+,37?/m1/s1. The van der Waals surface area contributed by atoms with Crippen LogP contribution in [-0.2, 0) is 39.2 Å². The number of imidazole rings is 1. The molecule has 11 atom stereocenters. The fraction of sp³-hybridized carbons (Fsp3) is 0.688. The van der Waals surface area contributed by atoms with Crippen LogP contribution >= 0.6 is 14.5 Å². The number of nitrogen functional groups attached to an aromatic ring is 1. The third-order valence-corrected chi connectivity index (χ3v) is 9.21.